The summed E-state index contributed by atoms with van der Waals surface area (Å²) >= 11 is 0. The molecule has 3 rings (SSSR count). The first kappa shape index (κ1) is 37.4. The van der Waals surface area contributed by atoms with E-state index in [-0.39, 0.29) is 0 Å². The molecular formula is C40H58O4Si2. The van der Waals surface area contributed by atoms with Gasteiger partial charge >= 0.3 is 0 Å². The fourth-order valence-corrected chi connectivity index (χ4v) is 5.77. The predicted octanol–water partition coefficient (Wildman–Crippen LogP) is 11.2. The third-order valence-corrected chi connectivity index (χ3v) is 9.14. The van der Waals surface area contributed by atoms with E-state index in [0.29, 0.717) is 26.4 Å². The Morgan fingerprint density at radius 2 is 0.696 bits per heavy atom. The maximum absolute atomic E-state index is 6.41. The third kappa shape index (κ3) is 11.0. The van der Waals surface area contributed by atoms with Crippen LogP contribution in [0.25, 0.3) is 21.5 Å². The molecule has 0 saturated carbocycles. The van der Waals surface area contributed by atoms with Gasteiger partial charge in [0.2, 0.25) is 0 Å². The minimum Gasteiger partial charge on any atom is -0.490 e. The normalized spacial score (nSPS) is 11.5. The molecule has 0 aliphatic rings. The number of hydrogen-bond acceptors (Lipinski definition) is 4. The summed E-state index contributed by atoms with van der Waals surface area (Å²) in [6.45, 7) is 25.0. The Balaban J connectivity index is 2.53. The van der Waals surface area contributed by atoms with Gasteiger partial charge in [0.05, 0.1) is 26.4 Å². The Labute approximate surface area is 281 Å². The molecule has 3 aromatic carbocycles. The molecule has 0 unspecified atom stereocenters. The van der Waals surface area contributed by atoms with Gasteiger partial charge < -0.3 is 18.9 Å². The summed E-state index contributed by atoms with van der Waals surface area (Å²) < 4.78 is 25.6. The van der Waals surface area contributed by atoms with E-state index in [0.717, 1.165) is 107 Å². The van der Waals surface area contributed by atoms with Crippen LogP contribution in [0, 0.1) is 22.9 Å². The van der Waals surface area contributed by atoms with Crippen LogP contribution in [-0.2, 0) is 0 Å². The first-order chi connectivity index (χ1) is 21.9. The van der Waals surface area contributed by atoms with Gasteiger partial charge in [-0.15, -0.1) is 11.1 Å². The summed E-state index contributed by atoms with van der Waals surface area (Å²) in [4.78, 5) is 0. The Kier molecular flexibility index (Phi) is 14.4. The van der Waals surface area contributed by atoms with Crippen LogP contribution >= 0.6 is 0 Å². The van der Waals surface area contributed by atoms with Gasteiger partial charge in [-0.05, 0) is 60.7 Å². The molecule has 0 bridgehead atoms. The molecule has 0 spiro atoms. The lowest BCUT2D eigenvalue weighted by atomic mass is 9.91. The Hall–Kier alpha value is -3.07. The van der Waals surface area contributed by atoms with Gasteiger partial charge in [0.15, 0.2) is 23.0 Å². The minimum absolute atomic E-state index is 0.645. The highest BCUT2D eigenvalue weighted by atomic mass is 28.3. The van der Waals surface area contributed by atoms with Crippen LogP contribution < -0.4 is 18.9 Å². The van der Waals surface area contributed by atoms with Crippen LogP contribution in [0.1, 0.15) is 90.2 Å². The topological polar surface area (TPSA) is 36.9 Å². The summed E-state index contributed by atoms with van der Waals surface area (Å²) in [6.07, 6.45) is 8.21. The van der Waals surface area contributed by atoms with Crippen molar-refractivity contribution in [2.75, 3.05) is 26.4 Å². The molecule has 0 aliphatic carbocycles. The lowest BCUT2D eigenvalue weighted by Crippen LogP contribution is -2.17. The average Bonchev–Trinajstić information content (AvgIpc) is 2.99. The van der Waals surface area contributed by atoms with Crippen LogP contribution in [0.3, 0.4) is 0 Å². The minimum atomic E-state index is -1.71. The van der Waals surface area contributed by atoms with E-state index in [1.807, 2.05) is 0 Å². The predicted molar refractivity (Wildman–Crippen MR) is 204 cm³/mol. The highest BCUT2D eigenvalue weighted by Gasteiger charge is 2.21. The van der Waals surface area contributed by atoms with E-state index in [1.54, 1.807) is 0 Å². The average molecular weight is 659 g/mol. The second-order valence-electron chi connectivity index (χ2n) is 14.2. The molecule has 0 radical (unpaired) electrons. The fourth-order valence-electron chi connectivity index (χ4n) is 4.77. The SMILES string of the molecule is CCCCOc1cc2c(C#C[Si](C)(C)C)c(C#C[Si](C)(C)C)c3cc(OCCCC)c(OCCCC)cc3c2cc1OCCCC. The van der Waals surface area contributed by atoms with Crippen LogP contribution in [-0.4, -0.2) is 42.6 Å². The lowest BCUT2D eigenvalue weighted by Gasteiger charge is -2.20. The molecule has 0 saturated heterocycles. The molecule has 250 valence electrons. The van der Waals surface area contributed by atoms with Gasteiger partial charge in [-0.2, -0.15) is 0 Å². The van der Waals surface area contributed by atoms with Gasteiger partial charge in [0, 0.05) is 21.9 Å². The van der Waals surface area contributed by atoms with E-state index in [2.05, 4.69) is 114 Å². The smallest absolute Gasteiger partial charge is 0.161 e. The van der Waals surface area contributed by atoms with Gasteiger partial charge in [0.1, 0.15) is 16.1 Å². The quantitative estimate of drug-likeness (QED) is 0.0664. The molecule has 0 aromatic heterocycles. The zero-order chi connectivity index (χ0) is 33.7. The number of fused-ring (bicyclic) bond motifs is 3. The Morgan fingerprint density at radius 1 is 0.435 bits per heavy atom. The summed E-state index contributed by atoms with van der Waals surface area (Å²) in [5.74, 6) is 10.5. The van der Waals surface area contributed by atoms with Crippen molar-refractivity contribution in [3.63, 3.8) is 0 Å². The highest BCUT2D eigenvalue weighted by Crippen LogP contribution is 2.43. The van der Waals surface area contributed by atoms with Gasteiger partial charge in [0.25, 0.3) is 0 Å². The van der Waals surface area contributed by atoms with Crippen molar-refractivity contribution >= 4 is 37.7 Å². The second kappa shape index (κ2) is 17.7. The van der Waals surface area contributed by atoms with Crippen molar-refractivity contribution < 1.29 is 18.9 Å². The number of unbranched alkanes of at least 4 members (excludes halogenated alkanes) is 4. The standard InChI is InChI=1S/C40H58O4Si2/c1-11-15-21-41-37-27-33-31(19-25-45(5,6)7)32(20-26-46(8,9)10)34-28-38(42-22-16-12-2)40(44-24-18-14-4)30-36(34)35(33)29-39(37)43-23-17-13-3/h27-30H,11-18,21-24H2,1-10H3. The molecule has 0 amide bonds. The fraction of sp³-hybridized carbons (Fsp3) is 0.550. The molecule has 0 aliphatic heterocycles. The number of hydrogen-bond donors (Lipinski definition) is 0. The largest absolute Gasteiger partial charge is 0.490 e. The summed E-state index contributed by atoms with van der Waals surface area (Å²) in [7, 11) is -3.42. The first-order valence-electron chi connectivity index (χ1n) is 17.6. The van der Waals surface area contributed by atoms with Crippen LogP contribution in [0.5, 0.6) is 23.0 Å². The summed E-state index contributed by atoms with van der Waals surface area (Å²) in [6, 6.07) is 8.64. The maximum Gasteiger partial charge on any atom is 0.161 e. The van der Waals surface area contributed by atoms with E-state index in [1.165, 1.54) is 0 Å². The van der Waals surface area contributed by atoms with Crippen molar-refractivity contribution in [2.45, 2.75) is 118 Å². The number of ether oxygens (including phenoxy) is 4. The van der Waals surface area contributed by atoms with Crippen molar-refractivity contribution in [1.29, 1.82) is 0 Å². The molecule has 6 heteroatoms. The first-order valence-corrected chi connectivity index (χ1v) is 24.6. The zero-order valence-corrected chi connectivity index (χ0v) is 32.4. The highest BCUT2D eigenvalue weighted by molar-refractivity contribution is 6.84. The molecule has 0 fully saturated rings. The van der Waals surface area contributed by atoms with Crippen LogP contribution in [0.2, 0.25) is 39.3 Å². The zero-order valence-electron chi connectivity index (χ0n) is 30.4. The van der Waals surface area contributed by atoms with Crippen molar-refractivity contribution in [1.82, 2.24) is 0 Å². The molecular weight excluding hydrogens is 601 g/mol. The Bertz CT molecular complexity index is 1450. The van der Waals surface area contributed by atoms with Crippen molar-refractivity contribution in [3.05, 3.63) is 35.4 Å². The maximum atomic E-state index is 6.41. The number of rotatable bonds is 16. The lowest BCUT2D eigenvalue weighted by molar-refractivity contribution is 0.262. The van der Waals surface area contributed by atoms with E-state index in [4.69, 9.17) is 18.9 Å². The van der Waals surface area contributed by atoms with Crippen LogP contribution in [0.4, 0.5) is 0 Å². The third-order valence-electron chi connectivity index (χ3n) is 7.39. The molecule has 0 atom stereocenters. The van der Waals surface area contributed by atoms with E-state index in [9.17, 15) is 0 Å². The monoisotopic (exact) mass is 658 g/mol. The second-order valence-corrected chi connectivity index (χ2v) is 23.7. The summed E-state index contributed by atoms with van der Waals surface area (Å²) in [5, 5.41) is 4.24. The Morgan fingerprint density at radius 3 is 0.935 bits per heavy atom. The van der Waals surface area contributed by atoms with Gasteiger partial charge in [-0.3, -0.25) is 0 Å². The van der Waals surface area contributed by atoms with E-state index < -0.39 is 16.1 Å². The van der Waals surface area contributed by atoms with Crippen LogP contribution in [0.15, 0.2) is 24.3 Å². The van der Waals surface area contributed by atoms with E-state index >= 15 is 0 Å². The molecule has 46 heavy (non-hydrogen) atoms. The summed E-state index contributed by atoms with van der Waals surface area (Å²) in [5.41, 5.74) is 9.27. The molecule has 0 heterocycles. The van der Waals surface area contributed by atoms with Gasteiger partial charge in [-0.1, -0.05) is 105 Å². The van der Waals surface area contributed by atoms with Crippen molar-refractivity contribution in [2.24, 2.45) is 0 Å². The molecule has 0 N–H and O–H groups in total. The molecule has 3 aromatic rings. The number of benzene rings is 3. The van der Waals surface area contributed by atoms with Crippen molar-refractivity contribution in [3.8, 4) is 45.9 Å². The molecule has 4 nitrogen and oxygen atoms in total. The van der Waals surface area contributed by atoms with Gasteiger partial charge in [-0.25, -0.2) is 0 Å².